The molecular formula is C5H14Cl2N2. The summed E-state index contributed by atoms with van der Waals surface area (Å²) in [5.41, 5.74) is 5.36. The van der Waals surface area contributed by atoms with E-state index in [1.807, 2.05) is 0 Å². The zero-order valence-electron chi connectivity index (χ0n) is 5.38. The van der Waals surface area contributed by atoms with Gasteiger partial charge in [0.1, 0.15) is 0 Å². The molecule has 1 fully saturated rings. The molecule has 1 aliphatic heterocycles. The van der Waals surface area contributed by atoms with Crippen LogP contribution in [0.25, 0.3) is 0 Å². The fraction of sp³-hybridized carbons (Fsp3) is 1.00. The Bertz CT molecular complexity index is 54.9. The molecule has 2 nitrogen and oxygen atoms in total. The SMILES string of the molecule is Cl.Cl.NCN1CCCC1. The van der Waals surface area contributed by atoms with Gasteiger partial charge in [-0.25, -0.2) is 0 Å². The normalized spacial score (nSPS) is 18.3. The monoisotopic (exact) mass is 172 g/mol. The van der Waals surface area contributed by atoms with Gasteiger partial charge in [-0.2, -0.15) is 0 Å². The summed E-state index contributed by atoms with van der Waals surface area (Å²) in [4.78, 5) is 2.26. The molecule has 2 N–H and O–H groups in total. The van der Waals surface area contributed by atoms with Gasteiger partial charge in [0.2, 0.25) is 0 Å². The van der Waals surface area contributed by atoms with Crippen LogP contribution in [0.2, 0.25) is 0 Å². The van der Waals surface area contributed by atoms with Crippen molar-refractivity contribution in [1.82, 2.24) is 4.90 Å². The summed E-state index contributed by atoms with van der Waals surface area (Å²) >= 11 is 0. The van der Waals surface area contributed by atoms with Gasteiger partial charge < -0.3 is 5.73 Å². The summed E-state index contributed by atoms with van der Waals surface area (Å²) in [6.07, 6.45) is 2.69. The van der Waals surface area contributed by atoms with Gasteiger partial charge in [0.05, 0.1) is 0 Å². The summed E-state index contributed by atoms with van der Waals surface area (Å²) in [7, 11) is 0. The highest BCUT2D eigenvalue weighted by Crippen LogP contribution is 2.03. The minimum atomic E-state index is 0. The van der Waals surface area contributed by atoms with Gasteiger partial charge in [-0.05, 0) is 25.9 Å². The van der Waals surface area contributed by atoms with E-state index in [0.29, 0.717) is 0 Å². The maximum Gasteiger partial charge on any atom is 0.0455 e. The quantitative estimate of drug-likeness (QED) is 0.636. The zero-order valence-corrected chi connectivity index (χ0v) is 7.01. The van der Waals surface area contributed by atoms with Crippen molar-refractivity contribution in [2.24, 2.45) is 5.73 Å². The predicted molar refractivity (Wildman–Crippen MR) is 44.4 cm³/mol. The first-order valence-electron chi connectivity index (χ1n) is 2.86. The Morgan fingerprint density at radius 1 is 1.11 bits per heavy atom. The summed E-state index contributed by atoms with van der Waals surface area (Å²) < 4.78 is 0. The van der Waals surface area contributed by atoms with E-state index in [1.165, 1.54) is 25.9 Å². The van der Waals surface area contributed by atoms with Crippen LogP contribution in [0.15, 0.2) is 0 Å². The molecule has 1 heterocycles. The van der Waals surface area contributed by atoms with Crippen LogP contribution < -0.4 is 5.73 Å². The lowest BCUT2D eigenvalue weighted by Crippen LogP contribution is -2.26. The first kappa shape index (κ1) is 12.2. The fourth-order valence-electron chi connectivity index (χ4n) is 0.965. The van der Waals surface area contributed by atoms with E-state index in [-0.39, 0.29) is 24.8 Å². The largest absolute Gasteiger partial charge is 0.318 e. The van der Waals surface area contributed by atoms with Crippen molar-refractivity contribution in [3.63, 3.8) is 0 Å². The molecule has 1 saturated heterocycles. The molecule has 0 aromatic heterocycles. The number of hydrogen-bond acceptors (Lipinski definition) is 2. The minimum Gasteiger partial charge on any atom is -0.318 e. The van der Waals surface area contributed by atoms with Gasteiger partial charge in [-0.15, -0.1) is 24.8 Å². The highest BCUT2D eigenvalue weighted by Gasteiger charge is 2.07. The Morgan fingerprint density at radius 2 is 1.56 bits per heavy atom. The van der Waals surface area contributed by atoms with Crippen LogP contribution in [0.5, 0.6) is 0 Å². The van der Waals surface area contributed by atoms with Crippen molar-refractivity contribution < 1.29 is 0 Å². The first-order valence-corrected chi connectivity index (χ1v) is 2.86. The average Bonchev–Trinajstić information content (AvgIpc) is 2.14. The number of hydrogen-bond donors (Lipinski definition) is 1. The Hall–Kier alpha value is 0.500. The van der Waals surface area contributed by atoms with Crippen molar-refractivity contribution in [3.8, 4) is 0 Å². The van der Waals surface area contributed by atoms with Crippen LogP contribution in [-0.4, -0.2) is 24.7 Å². The van der Waals surface area contributed by atoms with Crippen LogP contribution in [0.3, 0.4) is 0 Å². The highest BCUT2D eigenvalue weighted by atomic mass is 35.5. The van der Waals surface area contributed by atoms with Gasteiger partial charge in [-0.3, -0.25) is 4.90 Å². The lowest BCUT2D eigenvalue weighted by Gasteiger charge is -2.08. The third-order valence-corrected chi connectivity index (χ3v) is 1.46. The number of rotatable bonds is 1. The van der Waals surface area contributed by atoms with E-state index in [9.17, 15) is 0 Å². The molecule has 0 unspecified atom stereocenters. The molecule has 0 amide bonds. The number of nitrogens with two attached hydrogens (primary N) is 1. The Kier molecular flexibility index (Phi) is 8.97. The summed E-state index contributed by atoms with van der Waals surface area (Å²) in [6.45, 7) is 3.19. The maximum atomic E-state index is 5.36. The highest BCUT2D eigenvalue weighted by molar-refractivity contribution is 5.85. The second-order valence-corrected chi connectivity index (χ2v) is 2.01. The maximum absolute atomic E-state index is 5.36. The average molecular weight is 173 g/mol. The molecule has 0 spiro atoms. The van der Waals surface area contributed by atoms with E-state index < -0.39 is 0 Å². The van der Waals surface area contributed by atoms with Gasteiger partial charge >= 0.3 is 0 Å². The number of likely N-dealkylation sites (tertiary alicyclic amines) is 1. The molecule has 0 aliphatic carbocycles. The molecule has 0 radical (unpaired) electrons. The summed E-state index contributed by atoms with van der Waals surface area (Å²) in [5.74, 6) is 0. The van der Waals surface area contributed by atoms with Crippen LogP contribution in [0.1, 0.15) is 12.8 Å². The van der Waals surface area contributed by atoms with Gasteiger partial charge in [0.15, 0.2) is 0 Å². The van der Waals surface area contributed by atoms with Crippen LogP contribution in [0.4, 0.5) is 0 Å². The Labute approximate surface area is 68.6 Å². The smallest absolute Gasteiger partial charge is 0.0455 e. The molecule has 9 heavy (non-hydrogen) atoms. The van der Waals surface area contributed by atoms with Crippen molar-refractivity contribution in [1.29, 1.82) is 0 Å². The third-order valence-electron chi connectivity index (χ3n) is 1.46. The van der Waals surface area contributed by atoms with Gasteiger partial charge in [0, 0.05) is 6.67 Å². The lowest BCUT2D eigenvalue weighted by atomic mass is 10.4. The minimum absolute atomic E-state index is 0. The molecule has 1 rings (SSSR count). The summed E-state index contributed by atoms with van der Waals surface area (Å²) in [6, 6.07) is 0. The Balaban J connectivity index is 0. The number of halogens is 2. The molecule has 0 aromatic carbocycles. The first-order chi connectivity index (χ1) is 3.43. The van der Waals surface area contributed by atoms with E-state index >= 15 is 0 Å². The molecule has 0 atom stereocenters. The van der Waals surface area contributed by atoms with Crippen molar-refractivity contribution >= 4 is 24.8 Å². The molecule has 1 aliphatic rings. The van der Waals surface area contributed by atoms with E-state index in [4.69, 9.17) is 5.73 Å². The molecular weight excluding hydrogens is 159 g/mol. The summed E-state index contributed by atoms with van der Waals surface area (Å²) in [5, 5.41) is 0. The van der Waals surface area contributed by atoms with Crippen LogP contribution in [-0.2, 0) is 0 Å². The lowest BCUT2D eigenvalue weighted by molar-refractivity contribution is 0.350. The van der Waals surface area contributed by atoms with E-state index in [2.05, 4.69) is 4.90 Å². The van der Waals surface area contributed by atoms with Crippen LogP contribution >= 0.6 is 24.8 Å². The second-order valence-electron chi connectivity index (χ2n) is 2.01. The molecule has 0 bridgehead atoms. The van der Waals surface area contributed by atoms with E-state index in [0.717, 1.165) is 6.67 Å². The van der Waals surface area contributed by atoms with Crippen molar-refractivity contribution in [3.05, 3.63) is 0 Å². The molecule has 4 heteroatoms. The fourth-order valence-corrected chi connectivity index (χ4v) is 0.965. The van der Waals surface area contributed by atoms with Gasteiger partial charge in [-0.1, -0.05) is 0 Å². The van der Waals surface area contributed by atoms with E-state index in [1.54, 1.807) is 0 Å². The van der Waals surface area contributed by atoms with Crippen LogP contribution in [0, 0.1) is 0 Å². The third kappa shape index (κ3) is 3.98. The Morgan fingerprint density at radius 3 is 1.78 bits per heavy atom. The standard InChI is InChI=1S/C5H12N2.2ClH/c6-5-7-3-1-2-4-7;;/h1-6H2;2*1H. The van der Waals surface area contributed by atoms with Crippen molar-refractivity contribution in [2.45, 2.75) is 12.8 Å². The second kappa shape index (κ2) is 6.62. The molecule has 0 aromatic rings. The number of nitrogens with zero attached hydrogens (tertiary/aromatic N) is 1. The molecule has 58 valence electrons. The van der Waals surface area contributed by atoms with Gasteiger partial charge in [0.25, 0.3) is 0 Å². The zero-order chi connectivity index (χ0) is 5.11. The molecule has 0 saturated carbocycles. The predicted octanol–water partition coefficient (Wildman–Crippen LogP) is 0.842. The van der Waals surface area contributed by atoms with Crippen molar-refractivity contribution in [2.75, 3.05) is 19.8 Å². The topological polar surface area (TPSA) is 29.3 Å².